The molecule has 0 aliphatic carbocycles. The van der Waals surface area contributed by atoms with Gasteiger partial charge in [-0.1, -0.05) is 60.3 Å². The second-order valence-corrected chi connectivity index (χ2v) is 5.80. The van der Waals surface area contributed by atoms with E-state index in [1.807, 2.05) is 24.4 Å². The third kappa shape index (κ3) is 2.00. The lowest BCUT2D eigenvalue weighted by Gasteiger charge is -2.18. The second kappa shape index (κ2) is 4.76. The van der Waals surface area contributed by atoms with Crippen molar-refractivity contribution in [2.24, 2.45) is 4.99 Å². The molecule has 2 heterocycles. The van der Waals surface area contributed by atoms with Gasteiger partial charge in [-0.05, 0) is 17.7 Å². The highest BCUT2D eigenvalue weighted by Crippen LogP contribution is 2.40. The Morgan fingerprint density at radius 1 is 0.900 bits per heavy atom. The molecule has 3 heteroatoms. The molecule has 1 unspecified atom stereocenters. The van der Waals surface area contributed by atoms with Crippen LogP contribution in [0.1, 0.15) is 16.5 Å². The Hall–Kier alpha value is -2.13. The molecule has 0 fully saturated rings. The SMILES string of the molecule is C1=NC(c2ccccc2)Sc2nc3ccccc3cc21. The van der Waals surface area contributed by atoms with Gasteiger partial charge in [0, 0.05) is 17.2 Å². The predicted molar refractivity (Wildman–Crippen MR) is 84.4 cm³/mol. The largest absolute Gasteiger partial charge is 0.273 e. The van der Waals surface area contributed by atoms with Gasteiger partial charge in [-0.15, -0.1) is 0 Å². The Balaban J connectivity index is 1.78. The monoisotopic (exact) mass is 276 g/mol. The molecule has 3 aromatic rings. The van der Waals surface area contributed by atoms with Crippen LogP contribution in [0.4, 0.5) is 0 Å². The summed E-state index contributed by atoms with van der Waals surface area (Å²) < 4.78 is 0. The highest BCUT2D eigenvalue weighted by Gasteiger charge is 2.18. The molecule has 0 saturated carbocycles. The van der Waals surface area contributed by atoms with Crippen molar-refractivity contribution in [1.29, 1.82) is 0 Å². The summed E-state index contributed by atoms with van der Waals surface area (Å²) in [5, 5.41) is 2.33. The van der Waals surface area contributed by atoms with Gasteiger partial charge in [0.1, 0.15) is 10.4 Å². The molecule has 1 atom stereocenters. The molecule has 1 aliphatic heterocycles. The minimum absolute atomic E-state index is 0.109. The number of aliphatic imine (C=N–C) groups is 1. The first-order chi connectivity index (χ1) is 9.90. The van der Waals surface area contributed by atoms with Crippen LogP contribution >= 0.6 is 11.8 Å². The molecule has 0 amide bonds. The first-order valence-electron chi connectivity index (χ1n) is 6.55. The third-order valence-corrected chi connectivity index (χ3v) is 4.54. The van der Waals surface area contributed by atoms with Crippen LogP contribution in [0.5, 0.6) is 0 Å². The Morgan fingerprint density at radius 3 is 2.60 bits per heavy atom. The minimum Gasteiger partial charge on any atom is -0.273 e. The zero-order valence-electron chi connectivity index (χ0n) is 10.7. The third-order valence-electron chi connectivity index (χ3n) is 3.37. The second-order valence-electron chi connectivity index (χ2n) is 4.73. The van der Waals surface area contributed by atoms with Crippen LogP contribution in [-0.2, 0) is 0 Å². The number of benzene rings is 2. The number of para-hydroxylation sites is 1. The maximum Gasteiger partial charge on any atom is 0.126 e. The number of thioether (sulfide) groups is 1. The summed E-state index contributed by atoms with van der Waals surface area (Å²) in [6, 6.07) is 20.7. The van der Waals surface area contributed by atoms with Crippen LogP contribution in [0, 0.1) is 0 Å². The van der Waals surface area contributed by atoms with Gasteiger partial charge < -0.3 is 0 Å². The Morgan fingerprint density at radius 2 is 1.70 bits per heavy atom. The summed E-state index contributed by atoms with van der Waals surface area (Å²) in [6.07, 6.45) is 1.95. The van der Waals surface area contributed by atoms with Crippen LogP contribution < -0.4 is 0 Å². The van der Waals surface area contributed by atoms with E-state index in [0.717, 1.165) is 21.5 Å². The summed E-state index contributed by atoms with van der Waals surface area (Å²) in [5.41, 5.74) is 3.37. The number of hydrogen-bond donors (Lipinski definition) is 0. The number of hydrogen-bond acceptors (Lipinski definition) is 3. The quantitative estimate of drug-likeness (QED) is 0.655. The van der Waals surface area contributed by atoms with Crippen LogP contribution in [0.25, 0.3) is 10.9 Å². The number of aromatic nitrogens is 1. The fourth-order valence-electron chi connectivity index (χ4n) is 2.36. The first kappa shape index (κ1) is 11.7. The highest BCUT2D eigenvalue weighted by atomic mass is 32.2. The lowest BCUT2D eigenvalue weighted by Crippen LogP contribution is -2.02. The molecule has 4 rings (SSSR count). The van der Waals surface area contributed by atoms with Gasteiger partial charge in [0.05, 0.1) is 5.52 Å². The fourth-order valence-corrected chi connectivity index (χ4v) is 3.38. The zero-order valence-corrected chi connectivity index (χ0v) is 11.5. The zero-order chi connectivity index (χ0) is 13.4. The molecular weight excluding hydrogens is 264 g/mol. The van der Waals surface area contributed by atoms with Crippen LogP contribution in [0.15, 0.2) is 70.7 Å². The van der Waals surface area contributed by atoms with E-state index in [-0.39, 0.29) is 5.37 Å². The van der Waals surface area contributed by atoms with Crippen LogP contribution in [0.3, 0.4) is 0 Å². The molecule has 0 bridgehead atoms. The smallest absolute Gasteiger partial charge is 0.126 e. The van der Waals surface area contributed by atoms with Crippen molar-refractivity contribution in [1.82, 2.24) is 4.98 Å². The summed E-state index contributed by atoms with van der Waals surface area (Å²) in [7, 11) is 0. The number of nitrogens with zero attached hydrogens (tertiary/aromatic N) is 2. The minimum atomic E-state index is 0.109. The lowest BCUT2D eigenvalue weighted by molar-refractivity contribution is 1.01. The molecule has 2 aromatic carbocycles. The highest BCUT2D eigenvalue weighted by molar-refractivity contribution is 7.99. The van der Waals surface area contributed by atoms with E-state index in [1.54, 1.807) is 11.8 Å². The van der Waals surface area contributed by atoms with E-state index in [2.05, 4.69) is 47.5 Å². The molecule has 2 nitrogen and oxygen atoms in total. The van der Waals surface area contributed by atoms with E-state index < -0.39 is 0 Å². The fraction of sp³-hybridized carbons (Fsp3) is 0.0588. The first-order valence-corrected chi connectivity index (χ1v) is 7.43. The van der Waals surface area contributed by atoms with Crippen molar-refractivity contribution in [3.63, 3.8) is 0 Å². The lowest BCUT2D eigenvalue weighted by atomic mass is 10.1. The van der Waals surface area contributed by atoms with Crippen molar-refractivity contribution in [2.45, 2.75) is 10.4 Å². The Bertz CT molecular complexity index is 796. The van der Waals surface area contributed by atoms with Gasteiger partial charge in [-0.3, -0.25) is 4.99 Å². The van der Waals surface area contributed by atoms with E-state index >= 15 is 0 Å². The standard InChI is InChI=1S/C17H12N2S/c1-2-6-12(7-3-1)16-18-11-14-10-13-8-4-5-9-15(13)19-17(14)20-16/h1-11,16H. The molecule has 0 spiro atoms. The molecular formula is C17H12N2S. The Labute approximate surface area is 121 Å². The van der Waals surface area contributed by atoms with E-state index in [4.69, 9.17) is 4.98 Å². The van der Waals surface area contributed by atoms with E-state index in [9.17, 15) is 0 Å². The van der Waals surface area contributed by atoms with Gasteiger partial charge in [0.25, 0.3) is 0 Å². The average Bonchev–Trinajstić information content (AvgIpc) is 2.53. The summed E-state index contributed by atoms with van der Waals surface area (Å²) in [5.74, 6) is 0. The molecule has 1 aromatic heterocycles. The Kier molecular flexibility index (Phi) is 2.78. The maximum absolute atomic E-state index is 4.76. The maximum atomic E-state index is 4.76. The predicted octanol–water partition coefficient (Wildman–Crippen LogP) is 4.46. The molecule has 0 saturated heterocycles. The number of fused-ring (bicyclic) bond motifs is 2. The van der Waals surface area contributed by atoms with Gasteiger partial charge in [0.15, 0.2) is 0 Å². The summed E-state index contributed by atoms with van der Waals surface area (Å²) in [6.45, 7) is 0. The molecule has 96 valence electrons. The molecule has 0 N–H and O–H groups in total. The van der Waals surface area contributed by atoms with Crippen LogP contribution in [0.2, 0.25) is 0 Å². The van der Waals surface area contributed by atoms with Crippen molar-refractivity contribution in [3.8, 4) is 0 Å². The van der Waals surface area contributed by atoms with Crippen LogP contribution in [-0.4, -0.2) is 11.2 Å². The van der Waals surface area contributed by atoms with Crippen molar-refractivity contribution < 1.29 is 0 Å². The van der Waals surface area contributed by atoms with Crippen molar-refractivity contribution >= 4 is 28.9 Å². The molecule has 1 aliphatic rings. The number of rotatable bonds is 1. The van der Waals surface area contributed by atoms with Crippen molar-refractivity contribution in [3.05, 3.63) is 71.8 Å². The van der Waals surface area contributed by atoms with Gasteiger partial charge in [-0.25, -0.2) is 4.98 Å². The summed E-state index contributed by atoms with van der Waals surface area (Å²) in [4.78, 5) is 9.41. The van der Waals surface area contributed by atoms with Gasteiger partial charge >= 0.3 is 0 Å². The van der Waals surface area contributed by atoms with Gasteiger partial charge in [-0.2, -0.15) is 0 Å². The van der Waals surface area contributed by atoms with E-state index in [1.165, 1.54) is 5.56 Å². The van der Waals surface area contributed by atoms with Gasteiger partial charge in [0.2, 0.25) is 0 Å². The number of pyridine rings is 1. The average molecular weight is 276 g/mol. The molecule has 0 radical (unpaired) electrons. The topological polar surface area (TPSA) is 25.2 Å². The van der Waals surface area contributed by atoms with E-state index in [0.29, 0.717) is 0 Å². The molecule has 20 heavy (non-hydrogen) atoms. The normalized spacial score (nSPS) is 17.1. The van der Waals surface area contributed by atoms with Crippen molar-refractivity contribution in [2.75, 3.05) is 0 Å². The summed E-state index contributed by atoms with van der Waals surface area (Å²) >= 11 is 1.72.